The average Bonchev–Trinajstić information content (AvgIpc) is 2.97. The number of carbonyl (C=O) groups is 3. The van der Waals surface area contributed by atoms with E-state index < -0.39 is 0 Å². The van der Waals surface area contributed by atoms with Crippen LogP contribution in [0.2, 0.25) is 0 Å². The number of aromatic nitrogens is 1. The summed E-state index contributed by atoms with van der Waals surface area (Å²) >= 11 is 0. The smallest absolute Gasteiger partial charge is 0.261 e. The highest BCUT2D eigenvalue weighted by Crippen LogP contribution is 2.31. The van der Waals surface area contributed by atoms with Crippen molar-refractivity contribution >= 4 is 17.7 Å². The molecule has 27 heavy (non-hydrogen) atoms. The first-order chi connectivity index (χ1) is 13.2. The molecule has 6 heteroatoms. The fourth-order valence-electron chi connectivity index (χ4n) is 3.94. The Bertz CT molecular complexity index is 846. The van der Waals surface area contributed by atoms with Crippen molar-refractivity contribution in [3.63, 3.8) is 0 Å². The first-order valence-electron chi connectivity index (χ1n) is 9.31. The molecule has 1 saturated heterocycles. The lowest BCUT2D eigenvalue weighted by Gasteiger charge is -2.36. The lowest BCUT2D eigenvalue weighted by Crippen LogP contribution is -2.41. The van der Waals surface area contributed by atoms with Crippen LogP contribution in [0.25, 0.3) is 0 Å². The van der Waals surface area contributed by atoms with Crippen molar-refractivity contribution in [3.8, 4) is 0 Å². The minimum Gasteiger partial charge on any atom is -0.336 e. The van der Waals surface area contributed by atoms with Gasteiger partial charge in [-0.2, -0.15) is 0 Å². The van der Waals surface area contributed by atoms with Gasteiger partial charge in [0, 0.05) is 31.9 Å². The topological polar surface area (TPSA) is 70.6 Å². The molecule has 1 fully saturated rings. The molecule has 2 aliphatic heterocycles. The third-order valence-electron chi connectivity index (χ3n) is 5.32. The third-order valence-corrected chi connectivity index (χ3v) is 5.32. The molecule has 0 radical (unpaired) electrons. The number of rotatable bonds is 4. The first kappa shape index (κ1) is 17.4. The van der Waals surface area contributed by atoms with E-state index in [-0.39, 0.29) is 36.7 Å². The second-order valence-corrected chi connectivity index (χ2v) is 6.94. The van der Waals surface area contributed by atoms with E-state index in [0.29, 0.717) is 17.7 Å². The molecule has 3 amide bonds. The van der Waals surface area contributed by atoms with Gasteiger partial charge in [0.15, 0.2) is 0 Å². The van der Waals surface area contributed by atoms with Gasteiger partial charge in [-0.3, -0.25) is 24.3 Å². The molecule has 0 spiro atoms. The largest absolute Gasteiger partial charge is 0.336 e. The maximum atomic E-state index is 12.9. The SMILES string of the molecule is O=C1c2ccccc2C(=O)N1CCC(=O)N1CCCC[C@H]1c1cccnc1. The molecule has 0 bridgehead atoms. The van der Waals surface area contributed by atoms with Crippen LogP contribution >= 0.6 is 0 Å². The fourth-order valence-corrected chi connectivity index (χ4v) is 3.94. The lowest BCUT2D eigenvalue weighted by molar-refractivity contribution is -0.135. The van der Waals surface area contributed by atoms with E-state index in [1.165, 1.54) is 4.90 Å². The second-order valence-electron chi connectivity index (χ2n) is 6.94. The minimum atomic E-state index is -0.314. The van der Waals surface area contributed by atoms with E-state index >= 15 is 0 Å². The number of pyridine rings is 1. The van der Waals surface area contributed by atoms with Crippen LogP contribution in [0.3, 0.4) is 0 Å². The minimum absolute atomic E-state index is 0.0159. The van der Waals surface area contributed by atoms with Gasteiger partial charge in [-0.1, -0.05) is 18.2 Å². The molecule has 0 aliphatic carbocycles. The number of imide groups is 1. The molecule has 1 aromatic carbocycles. The quantitative estimate of drug-likeness (QED) is 0.783. The van der Waals surface area contributed by atoms with E-state index in [2.05, 4.69) is 4.98 Å². The van der Waals surface area contributed by atoms with Gasteiger partial charge >= 0.3 is 0 Å². The van der Waals surface area contributed by atoms with Gasteiger partial charge in [-0.05, 0) is 43.0 Å². The summed E-state index contributed by atoms with van der Waals surface area (Å²) < 4.78 is 0. The maximum Gasteiger partial charge on any atom is 0.261 e. The zero-order valence-corrected chi connectivity index (χ0v) is 15.0. The summed E-state index contributed by atoms with van der Waals surface area (Å²) in [7, 11) is 0. The van der Waals surface area contributed by atoms with Crippen LogP contribution < -0.4 is 0 Å². The van der Waals surface area contributed by atoms with Gasteiger partial charge in [0.05, 0.1) is 17.2 Å². The predicted molar refractivity (Wildman–Crippen MR) is 99.0 cm³/mol. The molecule has 0 saturated carbocycles. The number of likely N-dealkylation sites (tertiary alicyclic amines) is 1. The molecule has 2 aliphatic rings. The number of hydrogen-bond donors (Lipinski definition) is 0. The first-order valence-corrected chi connectivity index (χ1v) is 9.31. The van der Waals surface area contributed by atoms with E-state index in [1.54, 1.807) is 36.7 Å². The number of benzene rings is 1. The summed E-state index contributed by atoms with van der Waals surface area (Å²) in [5, 5.41) is 0. The molecular formula is C21H21N3O3. The van der Waals surface area contributed by atoms with Crippen LogP contribution in [0, 0.1) is 0 Å². The number of amides is 3. The highest BCUT2D eigenvalue weighted by Gasteiger charge is 2.36. The molecule has 2 aromatic rings. The average molecular weight is 363 g/mol. The van der Waals surface area contributed by atoms with Crippen LogP contribution in [-0.4, -0.2) is 45.6 Å². The molecular weight excluding hydrogens is 342 g/mol. The van der Waals surface area contributed by atoms with Crippen LogP contribution in [0.1, 0.15) is 58.0 Å². The van der Waals surface area contributed by atoms with Crippen molar-refractivity contribution < 1.29 is 14.4 Å². The van der Waals surface area contributed by atoms with Crippen molar-refractivity contribution in [2.24, 2.45) is 0 Å². The summed E-state index contributed by atoms with van der Waals surface area (Å²) in [5.41, 5.74) is 1.87. The van der Waals surface area contributed by atoms with Gasteiger partial charge < -0.3 is 4.90 Å². The van der Waals surface area contributed by atoms with E-state index in [9.17, 15) is 14.4 Å². The standard InChI is InChI=1S/C21H21N3O3/c25-19(23-12-4-3-9-18(23)15-6-5-11-22-14-15)10-13-24-20(26)16-7-1-2-8-17(16)21(24)27/h1-2,5-8,11,14,18H,3-4,9-10,12-13H2/t18-/m0/s1. The van der Waals surface area contributed by atoms with Crippen molar-refractivity contribution in [2.75, 3.05) is 13.1 Å². The number of piperidine rings is 1. The van der Waals surface area contributed by atoms with Crippen LogP contribution in [0.5, 0.6) is 0 Å². The van der Waals surface area contributed by atoms with Crippen molar-refractivity contribution in [3.05, 3.63) is 65.5 Å². The van der Waals surface area contributed by atoms with Gasteiger partial charge in [0.25, 0.3) is 11.8 Å². The highest BCUT2D eigenvalue weighted by atomic mass is 16.2. The monoisotopic (exact) mass is 363 g/mol. The van der Waals surface area contributed by atoms with Gasteiger partial charge in [0.2, 0.25) is 5.91 Å². The number of carbonyl (C=O) groups excluding carboxylic acids is 3. The number of fused-ring (bicyclic) bond motifs is 1. The normalized spacial score (nSPS) is 19.3. The Morgan fingerprint density at radius 3 is 2.44 bits per heavy atom. The van der Waals surface area contributed by atoms with E-state index in [1.807, 2.05) is 17.0 Å². The van der Waals surface area contributed by atoms with Crippen LogP contribution in [0.4, 0.5) is 0 Å². The second kappa shape index (κ2) is 7.31. The van der Waals surface area contributed by atoms with Crippen LogP contribution in [0.15, 0.2) is 48.8 Å². The molecule has 0 N–H and O–H groups in total. The van der Waals surface area contributed by atoms with E-state index in [0.717, 1.165) is 24.8 Å². The Labute approximate surface area is 157 Å². The van der Waals surface area contributed by atoms with Crippen LogP contribution in [-0.2, 0) is 4.79 Å². The molecule has 4 rings (SSSR count). The zero-order valence-electron chi connectivity index (χ0n) is 15.0. The maximum absolute atomic E-state index is 12.9. The van der Waals surface area contributed by atoms with Gasteiger partial charge in [0.1, 0.15) is 0 Å². The molecule has 1 aromatic heterocycles. The lowest BCUT2D eigenvalue weighted by atomic mass is 9.96. The Kier molecular flexibility index (Phi) is 4.71. The summed E-state index contributed by atoms with van der Waals surface area (Å²) in [6.45, 7) is 0.807. The predicted octanol–water partition coefficient (Wildman–Crippen LogP) is 2.82. The fraction of sp³-hybridized carbons (Fsp3) is 0.333. The van der Waals surface area contributed by atoms with Gasteiger partial charge in [-0.15, -0.1) is 0 Å². The summed E-state index contributed by atoms with van der Waals surface area (Å²) in [6.07, 6.45) is 6.62. The summed E-state index contributed by atoms with van der Waals surface area (Å²) in [5.74, 6) is -0.656. The number of hydrogen-bond acceptors (Lipinski definition) is 4. The molecule has 1 atom stereocenters. The van der Waals surface area contributed by atoms with Crippen molar-refractivity contribution in [1.82, 2.24) is 14.8 Å². The van der Waals surface area contributed by atoms with Gasteiger partial charge in [-0.25, -0.2) is 0 Å². The zero-order chi connectivity index (χ0) is 18.8. The Morgan fingerprint density at radius 1 is 1.04 bits per heavy atom. The van der Waals surface area contributed by atoms with Crippen molar-refractivity contribution in [1.29, 1.82) is 0 Å². The van der Waals surface area contributed by atoms with E-state index in [4.69, 9.17) is 0 Å². The number of nitrogens with zero attached hydrogens (tertiary/aromatic N) is 3. The highest BCUT2D eigenvalue weighted by molar-refractivity contribution is 6.21. The summed E-state index contributed by atoms with van der Waals surface area (Å²) in [4.78, 5) is 45.0. The third kappa shape index (κ3) is 3.23. The Balaban J connectivity index is 1.45. The molecule has 6 nitrogen and oxygen atoms in total. The molecule has 138 valence electrons. The molecule has 0 unspecified atom stereocenters. The molecule has 3 heterocycles. The Morgan fingerprint density at radius 2 is 1.78 bits per heavy atom. The summed E-state index contributed by atoms with van der Waals surface area (Å²) in [6, 6.07) is 10.7. The van der Waals surface area contributed by atoms with Crippen molar-refractivity contribution in [2.45, 2.75) is 31.7 Å². The Hall–Kier alpha value is -3.02.